The molecule has 0 aromatic carbocycles. The summed E-state index contributed by atoms with van der Waals surface area (Å²) in [6.45, 7) is 1.78. The second kappa shape index (κ2) is 5.61. The van der Waals surface area contributed by atoms with Crippen molar-refractivity contribution in [3.63, 3.8) is 0 Å². The number of fused-ring (bicyclic) bond motifs is 1. The van der Waals surface area contributed by atoms with Crippen molar-refractivity contribution in [1.29, 1.82) is 0 Å². The molecule has 6 nitrogen and oxygen atoms in total. The largest absolute Gasteiger partial charge is 0.505 e. The zero-order chi connectivity index (χ0) is 15.7. The number of aromatic nitrogens is 2. The van der Waals surface area contributed by atoms with E-state index in [1.54, 1.807) is 36.8 Å². The maximum absolute atomic E-state index is 12.3. The first-order chi connectivity index (χ1) is 10.6. The van der Waals surface area contributed by atoms with Crippen molar-refractivity contribution in [2.45, 2.75) is 13.0 Å². The molecule has 0 saturated carbocycles. The lowest BCUT2D eigenvalue weighted by molar-refractivity contribution is 0.0936. The van der Waals surface area contributed by atoms with Crippen molar-refractivity contribution in [2.75, 3.05) is 0 Å². The van der Waals surface area contributed by atoms with Crippen LogP contribution in [0.5, 0.6) is 5.75 Å². The summed E-state index contributed by atoms with van der Waals surface area (Å²) in [7, 11) is 0. The van der Waals surface area contributed by atoms with E-state index < -0.39 is 11.5 Å². The monoisotopic (exact) mass is 315 g/mol. The van der Waals surface area contributed by atoms with Crippen LogP contribution in [0.25, 0.3) is 10.2 Å². The Hall–Kier alpha value is -2.67. The molecule has 0 bridgehead atoms. The van der Waals surface area contributed by atoms with Gasteiger partial charge in [-0.1, -0.05) is 6.07 Å². The number of carbonyl (C=O) groups excluding carboxylic acids is 1. The molecule has 1 atom stereocenters. The molecular formula is C15H13N3O3S. The van der Waals surface area contributed by atoms with Crippen LogP contribution in [0.1, 0.15) is 28.9 Å². The second-order valence-electron chi connectivity index (χ2n) is 4.82. The van der Waals surface area contributed by atoms with E-state index in [4.69, 9.17) is 0 Å². The number of carbonyl (C=O) groups is 1. The van der Waals surface area contributed by atoms with Crippen LogP contribution in [0.15, 0.2) is 40.8 Å². The first-order valence-corrected chi connectivity index (χ1v) is 7.49. The van der Waals surface area contributed by atoms with Gasteiger partial charge in [0.15, 0.2) is 5.75 Å². The minimum Gasteiger partial charge on any atom is -0.505 e. The molecule has 0 saturated heterocycles. The highest BCUT2D eigenvalue weighted by atomic mass is 32.1. The topological polar surface area (TPSA) is 95.1 Å². The van der Waals surface area contributed by atoms with E-state index in [9.17, 15) is 14.7 Å². The molecule has 3 heterocycles. The minimum atomic E-state index is -0.620. The third kappa shape index (κ3) is 2.46. The molecule has 0 radical (unpaired) electrons. The first kappa shape index (κ1) is 14.3. The van der Waals surface area contributed by atoms with E-state index in [1.807, 2.05) is 6.07 Å². The third-order valence-electron chi connectivity index (χ3n) is 3.35. The lowest BCUT2D eigenvalue weighted by Gasteiger charge is -2.14. The number of amides is 1. The Bertz CT molecular complexity index is 886. The lowest BCUT2D eigenvalue weighted by Crippen LogP contribution is -2.31. The van der Waals surface area contributed by atoms with Crippen LogP contribution in [0.2, 0.25) is 0 Å². The number of aromatic hydroxyl groups is 1. The molecule has 0 unspecified atom stereocenters. The Morgan fingerprint density at radius 2 is 2.27 bits per heavy atom. The summed E-state index contributed by atoms with van der Waals surface area (Å²) in [5.74, 6) is -0.907. The Labute approximate surface area is 129 Å². The zero-order valence-corrected chi connectivity index (χ0v) is 12.5. The molecule has 3 rings (SSSR count). The van der Waals surface area contributed by atoms with Crippen molar-refractivity contribution in [3.05, 3.63) is 57.5 Å². The van der Waals surface area contributed by atoms with E-state index in [1.165, 1.54) is 11.3 Å². The van der Waals surface area contributed by atoms with Crippen LogP contribution in [-0.4, -0.2) is 21.0 Å². The maximum atomic E-state index is 12.3. The highest BCUT2D eigenvalue weighted by molar-refractivity contribution is 7.17. The number of H-pyrrole nitrogens is 1. The Kier molecular flexibility index (Phi) is 3.64. The van der Waals surface area contributed by atoms with Gasteiger partial charge in [0.05, 0.1) is 16.3 Å². The average molecular weight is 315 g/mol. The van der Waals surface area contributed by atoms with Gasteiger partial charge in [-0.2, -0.15) is 0 Å². The highest BCUT2D eigenvalue weighted by Gasteiger charge is 2.21. The molecule has 1 amide bonds. The van der Waals surface area contributed by atoms with Crippen LogP contribution in [0, 0.1) is 0 Å². The van der Waals surface area contributed by atoms with E-state index in [-0.39, 0.29) is 17.4 Å². The average Bonchev–Trinajstić information content (AvgIpc) is 2.96. The molecule has 0 aliphatic rings. The van der Waals surface area contributed by atoms with Gasteiger partial charge in [0.2, 0.25) is 0 Å². The van der Waals surface area contributed by atoms with Crippen molar-refractivity contribution >= 4 is 27.5 Å². The molecule has 0 fully saturated rings. The van der Waals surface area contributed by atoms with Gasteiger partial charge in [-0.05, 0) is 30.0 Å². The first-order valence-electron chi connectivity index (χ1n) is 6.61. The summed E-state index contributed by atoms with van der Waals surface area (Å²) in [5.41, 5.74) is 0.443. The van der Waals surface area contributed by atoms with Crippen molar-refractivity contribution in [3.8, 4) is 5.75 Å². The number of hydrogen-bond acceptors (Lipinski definition) is 5. The minimum absolute atomic E-state index is 0.273. The summed E-state index contributed by atoms with van der Waals surface area (Å²) >= 11 is 1.26. The van der Waals surface area contributed by atoms with E-state index in [0.717, 1.165) is 5.56 Å². The number of thiophene rings is 1. The number of rotatable bonds is 3. The highest BCUT2D eigenvalue weighted by Crippen LogP contribution is 2.29. The van der Waals surface area contributed by atoms with Gasteiger partial charge < -0.3 is 15.4 Å². The lowest BCUT2D eigenvalue weighted by atomic mass is 10.1. The number of nitrogens with one attached hydrogen (secondary N) is 2. The summed E-state index contributed by atoms with van der Waals surface area (Å²) in [4.78, 5) is 30.9. The van der Waals surface area contributed by atoms with E-state index >= 15 is 0 Å². The number of nitrogens with zero attached hydrogens (tertiary/aromatic N) is 1. The normalized spacial score (nSPS) is 12.2. The molecule has 0 aliphatic heterocycles. The molecule has 3 aromatic heterocycles. The van der Waals surface area contributed by atoms with E-state index in [2.05, 4.69) is 15.3 Å². The molecule has 22 heavy (non-hydrogen) atoms. The SMILES string of the molecule is C[C@H](NC(=O)c1c(O)c2sccc2[nH]c1=O)c1cccnc1. The van der Waals surface area contributed by atoms with Crippen LogP contribution in [0.4, 0.5) is 0 Å². The quantitative estimate of drug-likeness (QED) is 0.690. The van der Waals surface area contributed by atoms with Crippen molar-refractivity contribution in [2.24, 2.45) is 0 Å². The fourth-order valence-electron chi connectivity index (χ4n) is 2.19. The number of aromatic amines is 1. The predicted octanol–water partition coefficient (Wildman–Crippen LogP) is 2.18. The fraction of sp³-hybridized carbons (Fsp3) is 0.133. The molecular weight excluding hydrogens is 302 g/mol. The smallest absolute Gasteiger partial charge is 0.265 e. The molecule has 0 spiro atoms. The van der Waals surface area contributed by atoms with Crippen LogP contribution < -0.4 is 10.9 Å². The van der Waals surface area contributed by atoms with Gasteiger partial charge in [-0.25, -0.2) is 0 Å². The summed E-state index contributed by atoms with van der Waals surface area (Å²) in [6, 6.07) is 4.94. The van der Waals surface area contributed by atoms with Gasteiger partial charge in [0.1, 0.15) is 5.56 Å². The molecule has 3 aromatic rings. The van der Waals surface area contributed by atoms with E-state index in [0.29, 0.717) is 10.2 Å². The summed E-state index contributed by atoms with van der Waals surface area (Å²) < 4.78 is 0.485. The van der Waals surface area contributed by atoms with Gasteiger partial charge in [-0.15, -0.1) is 11.3 Å². The molecule has 112 valence electrons. The maximum Gasteiger partial charge on any atom is 0.265 e. The molecule has 7 heteroatoms. The number of hydrogen-bond donors (Lipinski definition) is 3. The number of pyridine rings is 2. The van der Waals surface area contributed by atoms with Crippen molar-refractivity contribution < 1.29 is 9.90 Å². The second-order valence-corrected chi connectivity index (χ2v) is 5.74. The third-order valence-corrected chi connectivity index (χ3v) is 4.27. The van der Waals surface area contributed by atoms with Crippen LogP contribution in [-0.2, 0) is 0 Å². The van der Waals surface area contributed by atoms with Gasteiger partial charge in [0.25, 0.3) is 11.5 Å². The predicted molar refractivity (Wildman–Crippen MR) is 84.2 cm³/mol. The fourth-order valence-corrected chi connectivity index (χ4v) is 2.99. The summed E-state index contributed by atoms with van der Waals surface area (Å²) in [5, 5.41) is 14.6. The van der Waals surface area contributed by atoms with Crippen LogP contribution >= 0.6 is 11.3 Å². The van der Waals surface area contributed by atoms with Crippen molar-refractivity contribution in [1.82, 2.24) is 15.3 Å². The zero-order valence-electron chi connectivity index (χ0n) is 11.7. The molecule has 3 N–H and O–H groups in total. The Balaban J connectivity index is 1.94. The summed E-state index contributed by atoms with van der Waals surface area (Å²) in [6.07, 6.45) is 3.27. The van der Waals surface area contributed by atoms with Gasteiger partial charge in [-0.3, -0.25) is 14.6 Å². The van der Waals surface area contributed by atoms with Gasteiger partial charge >= 0.3 is 0 Å². The molecule has 0 aliphatic carbocycles. The van der Waals surface area contributed by atoms with Crippen LogP contribution in [0.3, 0.4) is 0 Å². The van der Waals surface area contributed by atoms with Gasteiger partial charge in [0, 0.05) is 12.4 Å². The Morgan fingerprint density at radius 3 is 3.00 bits per heavy atom. The standard InChI is InChI=1S/C15H13N3O3S/c1-8(9-3-2-5-16-7-9)17-14(20)11-12(19)13-10(4-6-22-13)18-15(11)21/h2-8H,1H3,(H,17,20)(H2,18,19,21)/t8-/m0/s1. The Morgan fingerprint density at radius 1 is 1.45 bits per heavy atom.